The summed E-state index contributed by atoms with van der Waals surface area (Å²) in [6.07, 6.45) is 4.58. The number of hydroxylamine groups is 2. The predicted molar refractivity (Wildman–Crippen MR) is 95.6 cm³/mol. The molecule has 0 bridgehead atoms. The Morgan fingerprint density at radius 2 is 2.04 bits per heavy atom. The molecule has 24 heavy (non-hydrogen) atoms. The van der Waals surface area contributed by atoms with Crippen LogP contribution in [0.4, 0.5) is 4.39 Å². The molecule has 0 unspecified atom stereocenters. The monoisotopic (exact) mass is 442 g/mol. The molecule has 1 heterocycles. The van der Waals surface area contributed by atoms with Crippen molar-refractivity contribution < 1.29 is 14.0 Å². The number of amides is 1. The third-order valence-electron chi connectivity index (χ3n) is 4.97. The van der Waals surface area contributed by atoms with Gasteiger partial charge >= 0.3 is 0 Å². The Kier molecular flexibility index (Phi) is 5.72. The number of carbonyl (C=O) groups excluding carboxylic acids is 1. The summed E-state index contributed by atoms with van der Waals surface area (Å²) in [5.74, 6) is 0.262. The third kappa shape index (κ3) is 3.72. The molecule has 1 saturated heterocycles. The lowest BCUT2D eigenvalue weighted by Gasteiger charge is -2.31. The summed E-state index contributed by atoms with van der Waals surface area (Å²) in [6, 6.07) is 5.91. The number of halogens is 2. The smallest absolute Gasteiger partial charge is 0.249 e. The highest BCUT2D eigenvalue weighted by Gasteiger charge is 2.37. The zero-order valence-electron chi connectivity index (χ0n) is 13.4. The Morgan fingerprint density at radius 3 is 2.71 bits per heavy atom. The minimum absolute atomic E-state index is 0.00574. The van der Waals surface area contributed by atoms with Gasteiger partial charge in [-0.3, -0.25) is 9.63 Å². The van der Waals surface area contributed by atoms with Crippen LogP contribution in [0.25, 0.3) is 0 Å². The maximum Gasteiger partial charge on any atom is 0.249 e. The lowest BCUT2D eigenvalue weighted by molar-refractivity contribution is -0.183. The molecule has 0 radical (unpaired) electrons. The zero-order valence-corrected chi connectivity index (χ0v) is 15.5. The van der Waals surface area contributed by atoms with Crippen LogP contribution in [0.2, 0.25) is 0 Å². The second kappa shape index (κ2) is 7.79. The summed E-state index contributed by atoms with van der Waals surface area (Å²) in [5, 5.41) is 10.5. The number of nitrogens with zero attached hydrogens (tertiary/aromatic N) is 2. The Morgan fingerprint density at radius 1 is 1.29 bits per heavy atom. The minimum atomic E-state index is -0.453. The molecule has 3 rings (SSSR count). The summed E-state index contributed by atoms with van der Waals surface area (Å²) in [5.41, 5.74) is 0.908. The van der Waals surface area contributed by atoms with E-state index in [1.165, 1.54) is 17.2 Å². The molecule has 0 spiro atoms. The van der Waals surface area contributed by atoms with Crippen LogP contribution in [0, 0.1) is 29.0 Å². The molecule has 1 aliphatic heterocycles. The Labute approximate surface area is 155 Å². The number of hydrogen-bond donors (Lipinski definition) is 0. The van der Waals surface area contributed by atoms with Crippen molar-refractivity contribution in [3.05, 3.63) is 35.1 Å². The van der Waals surface area contributed by atoms with Crippen molar-refractivity contribution in [3.63, 3.8) is 0 Å². The predicted octanol–water partition coefficient (Wildman–Crippen LogP) is 4.14. The van der Waals surface area contributed by atoms with Gasteiger partial charge in [-0.1, -0.05) is 22.6 Å². The van der Waals surface area contributed by atoms with Crippen molar-refractivity contribution in [3.8, 4) is 6.07 Å². The van der Waals surface area contributed by atoms with Crippen LogP contribution in [-0.2, 0) is 9.63 Å². The fraction of sp³-hybridized carbons (Fsp3) is 0.556. The fourth-order valence-corrected chi connectivity index (χ4v) is 4.48. The molecular formula is C18H20FIN2O2. The van der Waals surface area contributed by atoms with Crippen LogP contribution in [-0.4, -0.2) is 22.0 Å². The molecule has 2 fully saturated rings. The number of alkyl halides is 1. The van der Waals surface area contributed by atoms with Crippen molar-refractivity contribution in [2.45, 2.75) is 38.1 Å². The number of benzene rings is 1. The highest BCUT2D eigenvalue weighted by atomic mass is 127. The van der Waals surface area contributed by atoms with Crippen molar-refractivity contribution in [1.82, 2.24) is 5.06 Å². The average molecular weight is 442 g/mol. The quantitative estimate of drug-likeness (QED) is 0.522. The summed E-state index contributed by atoms with van der Waals surface area (Å²) < 4.78 is 14.9. The second-order valence-corrected chi connectivity index (χ2v) is 7.44. The van der Waals surface area contributed by atoms with Gasteiger partial charge < -0.3 is 0 Å². The van der Waals surface area contributed by atoms with Crippen LogP contribution in [0.15, 0.2) is 18.2 Å². The second-order valence-electron chi connectivity index (χ2n) is 6.56. The Balaban J connectivity index is 1.75. The van der Waals surface area contributed by atoms with Crippen molar-refractivity contribution in [2.75, 3.05) is 11.0 Å². The summed E-state index contributed by atoms with van der Waals surface area (Å²) >= 11 is 2.41. The van der Waals surface area contributed by atoms with Crippen LogP contribution in [0.5, 0.6) is 0 Å². The molecular weight excluding hydrogens is 422 g/mol. The van der Waals surface area contributed by atoms with Crippen LogP contribution in [0.1, 0.15) is 49.3 Å². The summed E-state index contributed by atoms with van der Waals surface area (Å²) in [4.78, 5) is 18.4. The first kappa shape index (κ1) is 17.6. The minimum Gasteiger partial charge on any atom is -0.272 e. The molecule has 0 N–H and O–H groups in total. The largest absolute Gasteiger partial charge is 0.272 e. The van der Waals surface area contributed by atoms with Gasteiger partial charge in [0.05, 0.1) is 24.3 Å². The van der Waals surface area contributed by atoms with Gasteiger partial charge in [-0.15, -0.1) is 0 Å². The van der Waals surface area contributed by atoms with Crippen molar-refractivity contribution in [1.29, 1.82) is 5.26 Å². The van der Waals surface area contributed by atoms with Crippen molar-refractivity contribution in [2.24, 2.45) is 11.8 Å². The highest BCUT2D eigenvalue weighted by molar-refractivity contribution is 14.1. The summed E-state index contributed by atoms with van der Waals surface area (Å²) in [6.45, 7) is 0.442. The maximum atomic E-state index is 13.7. The summed E-state index contributed by atoms with van der Waals surface area (Å²) in [7, 11) is 0. The topological polar surface area (TPSA) is 53.3 Å². The average Bonchev–Trinajstić information content (AvgIpc) is 3.10. The van der Waals surface area contributed by atoms with Gasteiger partial charge in [0, 0.05) is 16.8 Å². The molecule has 1 aromatic carbocycles. The van der Waals surface area contributed by atoms with Gasteiger partial charge in [0.2, 0.25) is 5.91 Å². The molecule has 2 aliphatic rings. The first-order chi connectivity index (χ1) is 11.6. The third-order valence-corrected chi connectivity index (χ3v) is 6.22. The molecule has 1 aliphatic carbocycles. The lowest BCUT2D eigenvalue weighted by atomic mass is 9.82. The Bertz CT molecular complexity index is 653. The number of hydrogen-bond acceptors (Lipinski definition) is 3. The maximum absolute atomic E-state index is 13.7. The lowest BCUT2D eigenvalue weighted by Crippen LogP contribution is -2.36. The van der Waals surface area contributed by atoms with E-state index >= 15 is 0 Å². The first-order valence-electron chi connectivity index (χ1n) is 8.35. The van der Waals surface area contributed by atoms with Gasteiger partial charge in [-0.05, 0) is 55.4 Å². The molecule has 4 nitrogen and oxygen atoms in total. The van der Waals surface area contributed by atoms with E-state index in [4.69, 9.17) is 10.1 Å². The van der Waals surface area contributed by atoms with Gasteiger partial charge in [0.1, 0.15) is 5.82 Å². The van der Waals surface area contributed by atoms with E-state index in [1.54, 1.807) is 6.07 Å². The van der Waals surface area contributed by atoms with Crippen LogP contribution >= 0.6 is 22.6 Å². The van der Waals surface area contributed by atoms with Gasteiger partial charge in [0.25, 0.3) is 0 Å². The van der Waals surface area contributed by atoms with E-state index in [2.05, 4.69) is 22.6 Å². The zero-order chi connectivity index (χ0) is 17.1. The molecule has 128 valence electrons. The first-order valence-corrected chi connectivity index (χ1v) is 9.87. The van der Waals surface area contributed by atoms with E-state index in [0.717, 1.165) is 30.1 Å². The number of rotatable bonds is 3. The molecule has 1 atom stereocenters. The van der Waals surface area contributed by atoms with E-state index < -0.39 is 5.82 Å². The van der Waals surface area contributed by atoms with Crippen LogP contribution in [0.3, 0.4) is 0 Å². The molecule has 1 saturated carbocycles. The SMILES string of the molecule is N#Cc1cc(F)cc([C@@H]2CCON2C(=O)C2CCC(CI)CC2)c1. The van der Waals surface area contributed by atoms with E-state index in [0.29, 0.717) is 24.5 Å². The molecule has 1 amide bonds. The van der Waals surface area contributed by atoms with Gasteiger partial charge in [-0.25, -0.2) is 9.45 Å². The van der Waals surface area contributed by atoms with Crippen LogP contribution < -0.4 is 0 Å². The van der Waals surface area contributed by atoms with Crippen molar-refractivity contribution >= 4 is 28.5 Å². The van der Waals surface area contributed by atoms with Gasteiger partial charge in [-0.2, -0.15) is 5.26 Å². The van der Waals surface area contributed by atoms with E-state index in [-0.39, 0.29) is 23.4 Å². The van der Waals surface area contributed by atoms with E-state index in [1.807, 2.05) is 6.07 Å². The highest BCUT2D eigenvalue weighted by Crippen LogP contribution is 2.36. The standard InChI is InChI=1S/C18H20FIN2O2/c19-16-8-13(11-21)7-15(9-16)17-5-6-24-22(17)18(23)14-3-1-12(10-20)2-4-14/h7-9,12,14,17H,1-6,10H2/t12?,14?,17-/m0/s1. The van der Waals surface area contributed by atoms with Gasteiger partial charge in [0.15, 0.2) is 0 Å². The van der Waals surface area contributed by atoms with E-state index in [9.17, 15) is 9.18 Å². The molecule has 1 aromatic rings. The fourth-order valence-electron chi connectivity index (χ4n) is 3.60. The molecule has 0 aromatic heterocycles. The Hall–Kier alpha value is -1.20. The molecule has 6 heteroatoms. The normalized spacial score (nSPS) is 27.0. The number of carbonyl (C=O) groups is 1. The number of nitriles is 1.